The normalized spacial score (nSPS) is 13.5. The maximum Gasteiger partial charge on any atom is 0.135 e. The van der Waals surface area contributed by atoms with Gasteiger partial charge in [-0.1, -0.05) is 170 Å². The predicted octanol–water partition coefficient (Wildman–Crippen LogP) is 15.9. The summed E-state index contributed by atoms with van der Waals surface area (Å²) in [5, 5.41) is 12.4. The number of furan rings is 1. The Balaban J connectivity index is 1.04. The Kier molecular flexibility index (Phi) is 6.28. The number of rotatable bonds is 2. The first kappa shape index (κ1) is 32.2. The number of fused-ring (bicyclic) bond motifs is 18. The van der Waals surface area contributed by atoms with E-state index in [1.54, 1.807) is 0 Å². The van der Waals surface area contributed by atoms with Gasteiger partial charge < -0.3 is 4.42 Å². The van der Waals surface area contributed by atoms with Crippen molar-refractivity contribution in [2.45, 2.75) is 5.41 Å². The summed E-state index contributed by atoms with van der Waals surface area (Å²) >= 11 is 0. The quantitative estimate of drug-likeness (QED) is 0.160. The number of para-hydroxylation sites is 1. The smallest absolute Gasteiger partial charge is 0.135 e. The van der Waals surface area contributed by atoms with Crippen LogP contribution in [0.1, 0.15) is 22.3 Å². The van der Waals surface area contributed by atoms with E-state index in [0.29, 0.717) is 0 Å². The molecule has 11 aromatic carbocycles. The van der Waals surface area contributed by atoms with Gasteiger partial charge in [-0.05, 0) is 146 Å². The second-order valence-corrected chi connectivity index (χ2v) is 16.7. The zero-order chi connectivity index (χ0) is 39.1. The molecule has 0 bridgehead atoms. The van der Waals surface area contributed by atoms with Crippen LogP contribution in [0.15, 0.2) is 211 Å². The molecule has 0 N–H and O–H groups in total. The lowest BCUT2D eigenvalue weighted by Gasteiger charge is -2.31. The summed E-state index contributed by atoms with van der Waals surface area (Å²) in [5.74, 6) is 0. The summed E-state index contributed by atoms with van der Waals surface area (Å²) in [6, 6.07) is 77.0. The van der Waals surface area contributed by atoms with E-state index in [4.69, 9.17) is 4.42 Å². The van der Waals surface area contributed by atoms with Crippen LogP contribution in [-0.4, -0.2) is 0 Å². The molecule has 0 fully saturated rings. The Morgan fingerprint density at radius 1 is 0.283 bits per heavy atom. The van der Waals surface area contributed by atoms with Gasteiger partial charge in [0, 0.05) is 10.8 Å². The fourth-order valence-electron chi connectivity index (χ4n) is 11.4. The molecule has 0 aliphatic heterocycles. The zero-order valence-electron chi connectivity index (χ0n) is 32.5. The Morgan fingerprint density at radius 2 is 0.817 bits per heavy atom. The number of hydrogen-bond acceptors (Lipinski definition) is 1. The molecular formula is C59H34O. The fourth-order valence-corrected chi connectivity index (χ4v) is 11.4. The van der Waals surface area contributed by atoms with E-state index < -0.39 is 5.41 Å². The Bertz CT molecular complexity index is 3740. The second kappa shape index (κ2) is 11.7. The van der Waals surface area contributed by atoms with E-state index in [2.05, 4.69) is 200 Å². The minimum Gasteiger partial charge on any atom is -0.456 e. The summed E-state index contributed by atoms with van der Waals surface area (Å²) in [5.41, 5.74) is 17.1. The van der Waals surface area contributed by atoms with E-state index in [9.17, 15) is 0 Å². The van der Waals surface area contributed by atoms with Crippen LogP contribution >= 0.6 is 0 Å². The Labute approximate surface area is 346 Å². The Morgan fingerprint density at radius 3 is 1.52 bits per heavy atom. The average Bonchev–Trinajstić information content (AvgIpc) is 3.93. The van der Waals surface area contributed by atoms with Crippen LogP contribution in [0.3, 0.4) is 0 Å². The van der Waals surface area contributed by atoms with Gasteiger partial charge >= 0.3 is 0 Å². The van der Waals surface area contributed by atoms with E-state index >= 15 is 0 Å². The molecular weight excluding hydrogens is 725 g/mol. The molecule has 1 heteroatoms. The van der Waals surface area contributed by atoms with Crippen molar-refractivity contribution < 1.29 is 4.42 Å². The van der Waals surface area contributed by atoms with Crippen LogP contribution in [0.25, 0.3) is 110 Å². The van der Waals surface area contributed by atoms with Crippen molar-refractivity contribution in [2.75, 3.05) is 0 Å². The highest BCUT2D eigenvalue weighted by atomic mass is 16.3. The zero-order valence-corrected chi connectivity index (χ0v) is 32.5. The number of benzene rings is 11. The molecule has 1 spiro atoms. The largest absolute Gasteiger partial charge is 0.456 e. The van der Waals surface area contributed by atoms with E-state index in [1.807, 2.05) is 6.07 Å². The van der Waals surface area contributed by atoms with Gasteiger partial charge in [0.1, 0.15) is 11.2 Å². The lowest BCUT2D eigenvalue weighted by Crippen LogP contribution is -2.26. The molecule has 1 aromatic heterocycles. The molecule has 60 heavy (non-hydrogen) atoms. The summed E-state index contributed by atoms with van der Waals surface area (Å²) in [4.78, 5) is 0. The number of hydrogen-bond donors (Lipinski definition) is 0. The third-order valence-electron chi connectivity index (χ3n) is 13.8. The monoisotopic (exact) mass is 758 g/mol. The topological polar surface area (TPSA) is 13.1 Å². The molecule has 0 amide bonds. The van der Waals surface area contributed by atoms with Crippen LogP contribution < -0.4 is 0 Å². The molecule has 1 nitrogen and oxygen atoms in total. The fraction of sp³-hybridized carbons (Fsp3) is 0.0169. The van der Waals surface area contributed by atoms with Crippen LogP contribution in [0, 0.1) is 0 Å². The van der Waals surface area contributed by atoms with Crippen molar-refractivity contribution >= 4 is 65.0 Å². The van der Waals surface area contributed by atoms with Crippen molar-refractivity contribution in [3.63, 3.8) is 0 Å². The lowest BCUT2D eigenvalue weighted by atomic mass is 9.69. The van der Waals surface area contributed by atoms with Gasteiger partial charge in [-0.15, -0.1) is 0 Å². The first-order valence-corrected chi connectivity index (χ1v) is 20.9. The molecule has 0 saturated heterocycles. The van der Waals surface area contributed by atoms with Crippen LogP contribution in [0.2, 0.25) is 0 Å². The van der Waals surface area contributed by atoms with Gasteiger partial charge in [-0.2, -0.15) is 0 Å². The van der Waals surface area contributed by atoms with Crippen molar-refractivity contribution in [1.29, 1.82) is 0 Å². The SMILES string of the molecule is c1ccc2c(c1)-c1ccccc1C21c2cc3cc(-c4c5ccccc5c(-c5ccc6oc7ccccc7c6c5)c5ccccc45)ccc3cc2-c2ccc3ccccc3c21. The standard InChI is InChI=1S/C59H34O/c1-2-14-40-35(13-1)27-29-48-49-32-36-25-26-37(31-39(36)34-53(49)59(58(40)48)51-22-10-7-15-41(51)42-16-8-11-23-52(42)59)56-44-18-3-5-20-46(44)57(47-21-6-4-19-45(47)56)38-28-30-55-50(33-38)43-17-9-12-24-54(43)60-55/h1-34H. The van der Waals surface area contributed by atoms with Crippen molar-refractivity contribution in [1.82, 2.24) is 0 Å². The van der Waals surface area contributed by atoms with Crippen molar-refractivity contribution in [3.8, 4) is 44.5 Å². The molecule has 0 saturated carbocycles. The summed E-state index contributed by atoms with van der Waals surface area (Å²) < 4.78 is 6.26. The van der Waals surface area contributed by atoms with Gasteiger partial charge in [0.05, 0.1) is 5.41 Å². The van der Waals surface area contributed by atoms with Crippen LogP contribution in [0.4, 0.5) is 0 Å². The third kappa shape index (κ3) is 4.06. The van der Waals surface area contributed by atoms with Gasteiger partial charge in [-0.25, -0.2) is 0 Å². The summed E-state index contributed by atoms with van der Waals surface area (Å²) in [7, 11) is 0. The highest BCUT2D eigenvalue weighted by Gasteiger charge is 2.52. The van der Waals surface area contributed by atoms with Crippen molar-refractivity contribution in [3.05, 3.63) is 229 Å². The first-order chi connectivity index (χ1) is 29.8. The summed E-state index contributed by atoms with van der Waals surface area (Å²) in [6.07, 6.45) is 0. The molecule has 2 aliphatic carbocycles. The molecule has 0 atom stereocenters. The molecule has 1 heterocycles. The second-order valence-electron chi connectivity index (χ2n) is 16.7. The van der Waals surface area contributed by atoms with Gasteiger partial charge in [0.2, 0.25) is 0 Å². The van der Waals surface area contributed by atoms with Crippen LogP contribution in [-0.2, 0) is 5.41 Å². The third-order valence-corrected chi connectivity index (χ3v) is 13.8. The van der Waals surface area contributed by atoms with Gasteiger partial charge in [0.15, 0.2) is 0 Å². The molecule has 0 unspecified atom stereocenters. The Hall–Kier alpha value is -7.74. The minimum absolute atomic E-state index is 0.439. The van der Waals surface area contributed by atoms with Gasteiger partial charge in [0.25, 0.3) is 0 Å². The molecule has 14 rings (SSSR count). The highest BCUT2D eigenvalue weighted by molar-refractivity contribution is 6.22. The van der Waals surface area contributed by atoms with E-state index in [0.717, 1.165) is 21.9 Å². The van der Waals surface area contributed by atoms with Crippen LogP contribution in [0.5, 0.6) is 0 Å². The molecule has 0 radical (unpaired) electrons. The van der Waals surface area contributed by atoms with E-state index in [1.165, 1.54) is 110 Å². The van der Waals surface area contributed by atoms with Crippen molar-refractivity contribution in [2.24, 2.45) is 0 Å². The van der Waals surface area contributed by atoms with E-state index in [-0.39, 0.29) is 0 Å². The molecule has 276 valence electrons. The molecule has 2 aliphatic rings. The lowest BCUT2D eigenvalue weighted by molar-refractivity contribution is 0.669. The first-order valence-electron chi connectivity index (χ1n) is 20.9. The minimum atomic E-state index is -0.439. The summed E-state index contributed by atoms with van der Waals surface area (Å²) in [6.45, 7) is 0. The maximum atomic E-state index is 6.26. The predicted molar refractivity (Wildman–Crippen MR) is 251 cm³/mol. The average molecular weight is 759 g/mol. The maximum absolute atomic E-state index is 6.26. The highest BCUT2D eigenvalue weighted by Crippen LogP contribution is 2.64. The van der Waals surface area contributed by atoms with Gasteiger partial charge in [-0.3, -0.25) is 0 Å². The molecule has 12 aromatic rings.